The van der Waals surface area contributed by atoms with Crippen molar-refractivity contribution in [3.05, 3.63) is 21.1 Å². The molecule has 0 aliphatic heterocycles. The van der Waals surface area contributed by atoms with E-state index in [1.807, 2.05) is 23.7 Å². The molecule has 0 radical (unpaired) electrons. The monoisotopic (exact) mass is 245 g/mol. The molecule has 0 bridgehead atoms. The lowest BCUT2D eigenvalue weighted by atomic mass is 10.3. The molecule has 0 amide bonds. The van der Waals surface area contributed by atoms with Gasteiger partial charge >= 0.3 is 0 Å². The second-order valence-electron chi connectivity index (χ2n) is 2.85. The molecule has 0 spiro atoms. The number of aromatic nitrogens is 1. The van der Waals surface area contributed by atoms with Crippen molar-refractivity contribution in [3.63, 3.8) is 0 Å². The molecule has 1 heterocycles. The van der Waals surface area contributed by atoms with Crippen LogP contribution in [-0.2, 0) is 7.05 Å². The minimum atomic E-state index is 0.704. The second kappa shape index (κ2) is 3.53. The first-order chi connectivity index (χ1) is 6.65. The van der Waals surface area contributed by atoms with Crippen LogP contribution in [0.4, 0.5) is 0 Å². The zero-order valence-corrected chi connectivity index (χ0v) is 10.1. The average Bonchev–Trinajstić information content (AvgIpc) is 2.45. The Hall–Kier alpha value is -0.580. The van der Waals surface area contributed by atoms with Crippen LogP contribution in [0.2, 0.25) is 5.02 Å². The predicted octanol–water partition coefficient (Wildman–Crippen LogP) is 3.63. The van der Waals surface area contributed by atoms with Gasteiger partial charge in [0.1, 0.15) is 5.75 Å². The number of hydrogen-bond donors (Lipinski definition) is 0. The SMILES string of the molecule is COc1ccc(Cl)c2c1sc(=S)n2C. The second-order valence-corrected chi connectivity index (χ2v) is 4.91. The van der Waals surface area contributed by atoms with E-state index in [9.17, 15) is 0 Å². The van der Waals surface area contributed by atoms with E-state index < -0.39 is 0 Å². The first kappa shape index (κ1) is 9.96. The van der Waals surface area contributed by atoms with Crippen LogP contribution >= 0.6 is 35.2 Å². The van der Waals surface area contributed by atoms with Crippen LogP contribution in [0.1, 0.15) is 0 Å². The normalized spacial score (nSPS) is 10.8. The van der Waals surface area contributed by atoms with Crippen LogP contribution in [0.25, 0.3) is 10.2 Å². The molecule has 1 aromatic heterocycles. The summed E-state index contributed by atoms with van der Waals surface area (Å²) in [5.74, 6) is 0.820. The zero-order chi connectivity index (χ0) is 10.3. The third-order valence-electron chi connectivity index (χ3n) is 2.06. The number of thiazole rings is 1. The van der Waals surface area contributed by atoms with E-state index in [-0.39, 0.29) is 0 Å². The molecule has 0 N–H and O–H groups in total. The molecule has 0 aliphatic rings. The number of hydrogen-bond acceptors (Lipinski definition) is 3. The van der Waals surface area contributed by atoms with E-state index in [0.29, 0.717) is 5.02 Å². The van der Waals surface area contributed by atoms with Crippen LogP contribution in [0, 0.1) is 3.95 Å². The highest BCUT2D eigenvalue weighted by Gasteiger charge is 2.10. The Balaban J connectivity index is 2.99. The summed E-state index contributed by atoms with van der Waals surface area (Å²) in [5, 5.41) is 0.704. The van der Waals surface area contributed by atoms with Gasteiger partial charge in [0.15, 0.2) is 3.95 Å². The van der Waals surface area contributed by atoms with Crippen molar-refractivity contribution < 1.29 is 4.74 Å². The number of benzene rings is 1. The number of nitrogens with zero attached hydrogens (tertiary/aromatic N) is 1. The van der Waals surface area contributed by atoms with Gasteiger partial charge in [0.2, 0.25) is 0 Å². The fourth-order valence-corrected chi connectivity index (χ4v) is 3.03. The third-order valence-corrected chi connectivity index (χ3v) is 3.94. The van der Waals surface area contributed by atoms with E-state index in [4.69, 9.17) is 28.6 Å². The van der Waals surface area contributed by atoms with Gasteiger partial charge < -0.3 is 9.30 Å². The number of ether oxygens (including phenoxy) is 1. The fraction of sp³-hybridized carbons (Fsp3) is 0.222. The Morgan fingerprint density at radius 1 is 1.50 bits per heavy atom. The molecule has 2 nitrogen and oxygen atoms in total. The number of halogens is 1. The maximum atomic E-state index is 6.09. The Labute approximate surface area is 95.7 Å². The average molecular weight is 246 g/mol. The van der Waals surface area contributed by atoms with Gasteiger partial charge in [0, 0.05) is 7.05 Å². The van der Waals surface area contributed by atoms with E-state index in [2.05, 4.69) is 0 Å². The van der Waals surface area contributed by atoms with Gasteiger partial charge in [-0.3, -0.25) is 0 Å². The largest absolute Gasteiger partial charge is 0.495 e. The molecule has 5 heteroatoms. The van der Waals surface area contributed by atoms with Crippen LogP contribution in [-0.4, -0.2) is 11.7 Å². The summed E-state index contributed by atoms with van der Waals surface area (Å²) in [4.78, 5) is 0. The van der Waals surface area contributed by atoms with Gasteiger partial charge in [-0.15, -0.1) is 11.3 Å². The summed E-state index contributed by atoms with van der Waals surface area (Å²) in [7, 11) is 3.55. The van der Waals surface area contributed by atoms with Crippen molar-refractivity contribution in [1.82, 2.24) is 4.57 Å². The third kappa shape index (κ3) is 1.34. The molecule has 0 unspecified atom stereocenters. The molecule has 1 aromatic carbocycles. The molecular weight excluding hydrogens is 238 g/mol. The molecule has 0 aliphatic carbocycles. The van der Waals surface area contributed by atoms with E-state index in [0.717, 1.165) is 19.9 Å². The Morgan fingerprint density at radius 3 is 2.86 bits per heavy atom. The summed E-state index contributed by atoms with van der Waals surface area (Å²) in [5.41, 5.74) is 0.945. The summed E-state index contributed by atoms with van der Waals surface area (Å²) in [6.45, 7) is 0. The smallest absolute Gasteiger partial charge is 0.161 e. The van der Waals surface area contributed by atoms with Crippen molar-refractivity contribution in [3.8, 4) is 5.75 Å². The predicted molar refractivity (Wildman–Crippen MR) is 63.2 cm³/mol. The maximum Gasteiger partial charge on any atom is 0.161 e. The first-order valence-corrected chi connectivity index (χ1v) is 5.57. The lowest BCUT2D eigenvalue weighted by Gasteiger charge is -2.02. The summed E-state index contributed by atoms with van der Waals surface area (Å²) in [6, 6.07) is 3.68. The van der Waals surface area contributed by atoms with Crippen molar-refractivity contribution in [2.75, 3.05) is 7.11 Å². The van der Waals surface area contributed by atoms with E-state index >= 15 is 0 Å². The van der Waals surface area contributed by atoms with Crippen LogP contribution in [0.15, 0.2) is 12.1 Å². The quantitative estimate of drug-likeness (QED) is 0.713. The van der Waals surface area contributed by atoms with E-state index in [1.165, 1.54) is 11.3 Å². The Bertz CT molecular complexity index is 543. The molecule has 74 valence electrons. The molecule has 0 atom stereocenters. The minimum Gasteiger partial charge on any atom is -0.495 e. The van der Waals surface area contributed by atoms with Gasteiger partial charge in [0.25, 0.3) is 0 Å². The van der Waals surface area contributed by atoms with Crippen molar-refractivity contribution in [2.45, 2.75) is 0 Å². The summed E-state index contributed by atoms with van der Waals surface area (Å²) >= 11 is 12.8. The molecule has 0 saturated heterocycles. The lowest BCUT2D eigenvalue weighted by molar-refractivity contribution is 0.420. The lowest BCUT2D eigenvalue weighted by Crippen LogP contribution is -1.88. The Kier molecular flexibility index (Phi) is 2.51. The minimum absolute atomic E-state index is 0.704. The molecule has 0 saturated carbocycles. The topological polar surface area (TPSA) is 14.2 Å². The highest BCUT2D eigenvalue weighted by Crippen LogP contribution is 2.35. The number of fused-ring (bicyclic) bond motifs is 1. The van der Waals surface area contributed by atoms with Crippen molar-refractivity contribution >= 4 is 45.4 Å². The van der Waals surface area contributed by atoms with Gasteiger partial charge in [-0.25, -0.2) is 0 Å². The number of aryl methyl sites for hydroxylation is 1. The molecule has 0 fully saturated rings. The number of methoxy groups -OCH3 is 1. The Morgan fingerprint density at radius 2 is 2.21 bits per heavy atom. The number of rotatable bonds is 1. The standard InChI is InChI=1S/C9H8ClNOS2/c1-11-7-5(10)3-4-6(12-2)8(7)14-9(11)13/h3-4H,1-2H3. The van der Waals surface area contributed by atoms with Gasteiger partial charge in [-0.1, -0.05) is 11.6 Å². The van der Waals surface area contributed by atoms with Crippen LogP contribution in [0.5, 0.6) is 5.75 Å². The van der Waals surface area contributed by atoms with Gasteiger partial charge in [-0.2, -0.15) is 0 Å². The summed E-state index contributed by atoms with van der Waals surface area (Å²) < 4.78 is 8.95. The highest BCUT2D eigenvalue weighted by atomic mass is 35.5. The van der Waals surface area contributed by atoms with Crippen LogP contribution in [0.3, 0.4) is 0 Å². The van der Waals surface area contributed by atoms with Crippen LogP contribution < -0.4 is 4.74 Å². The van der Waals surface area contributed by atoms with E-state index in [1.54, 1.807) is 7.11 Å². The first-order valence-electron chi connectivity index (χ1n) is 3.97. The molecule has 2 aromatic rings. The van der Waals surface area contributed by atoms with Gasteiger partial charge in [-0.05, 0) is 24.4 Å². The zero-order valence-electron chi connectivity index (χ0n) is 7.70. The van der Waals surface area contributed by atoms with Crippen molar-refractivity contribution in [2.24, 2.45) is 7.05 Å². The van der Waals surface area contributed by atoms with Crippen molar-refractivity contribution in [1.29, 1.82) is 0 Å². The maximum absolute atomic E-state index is 6.09. The molecular formula is C9H8ClNOS2. The highest BCUT2D eigenvalue weighted by molar-refractivity contribution is 7.73. The fourth-order valence-electron chi connectivity index (χ4n) is 1.35. The molecule has 2 rings (SSSR count). The van der Waals surface area contributed by atoms with Gasteiger partial charge in [0.05, 0.1) is 22.3 Å². The molecule has 14 heavy (non-hydrogen) atoms. The summed E-state index contributed by atoms with van der Waals surface area (Å²) in [6.07, 6.45) is 0.